The molecule has 0 radical (unpaired) electrons. The molecule has 0 aromatic heterocycles. The Balaban J connectivity index is 1.82. The molecule has 0 aliphatic heterocycles. The van der Waals surface area contributed by atoms with Crippen LogP contribution in [0.5, 0.6) is 0 Å². The van der Waals surface area contributed by atoms with Gasteiger partial charge < -0.3 is 10.6 Å². The molecule has 4 heteroatoms. The second kappa shape index (κ2) is 6.54. The fourth-order valence-corrected chi connectivity index (χ4v) is 2.78. The molecule has 1 fully saturated rings. The summed E-state index contributed by atoms with van der Waals surface area (Å²) in [4.78, 5) is 0. The third-order valence-electron chi connectivity index (χ3n) is 3.04. The molecule has 92 valence electrons. The van der Waals surface area contributed by atoms with Crippen LogP contribution in [0, 0.1) is 3.57 Å². The Morgan fingerprint density at radius 1 is 1.12 bits per heavy atom. The predicted octanol–water partition coefficient (Wildman–Crippen LogP) is 3.91. The van der Waals surface area contributed by atoms with Gasteiger partial charge in [0.25, 0.3) is 0 Å². The second-order valence-electron chi connectivity index (χ2n) is 4.44. The van der Waals surface area contributed by atoms with Gasteiger partial charge in [0, 0.05) is 15.3 Å². The molecule has 1 aromatic rings. The first-order valence-corrected chi connectivity index (χ1v) is 7.56. The maximum atomic E-state index is 5.33. The fraction of sp³-hybridized carbons (Fsp3) is 0.462. The van der Waals surface area contributed by atoms with E-state index in [4.69, 9.17) is 12.2 Å². The van der Waals surface area contributed by atoms with Crippen LogP contribution in [0.3, 0.4) is 0 Å². The number of halogens is 1. The van der Waals surface area contributed by atoms with E-state index in [9.17, 15) is 0 Å². The molecular weight excluding hydrogens is 343 g/mol. The highest BCUT2D eigenvalue weighted by atomic mass is 127. The Bertz CT molecular complexity index is 372. The number of hydrogen-bond acceptors (Lipinski definition) is 1. The molecule has 0 heterocycles. The summed E-state index contributed by atoms with van der Waals surface area (Å²) in [5.74, 6) is 0. The lowest BCUT2D eigenvalue weighted by atomic mass is 9.96. The first kappa shape index (κ1) is 13.1. The molecule has 0 spiro atoms. The molecule has 0 bridgehead atoms. The topological polar surface area (TPSA) is 24.1 Å². The molecule has 1 aromatic carbocycles. The lowest BCUT2D eigenvalue weighted by molar-refractivity contribution is 0.415. The summed E-state index contributed by atoms with van der Waals surface area (Å²) in [5.41, 5.74) is 1.05. The summed E-state index contributed by atoms with van der Waals surface area (Å²) in [6, 6.07) is 8.82. The third-order valence-corrected chi connectivity index (χ3v) is 3.98. The van der Waals surface area contributed by atoms with Crippen molar-refractivity contribution in [1.82, 2.24) is 5.32 Å². The quantitative estimate of drug-likeness (QED) is 0.618. The van der Waals surface area contributed by atoms with E-state index in [1.807, 2.05) is 0 Å². The monoisotopic (exact) mass is 360 g/mol. The van der Waals surface area contributed by atoms with Crippen molar-refractivity contribution in [2.45, 2.75) is 38.1 Å². The summed E-state index contributed by atoms with van der Waals surface area (Å²) >= 11 is 7.62. The van der Waals surface area contributed by atoms with E-state index in [1.165, 1.54) is 35.7 Å². The molecule has 0 atom stereocenters. The van der Waals surface area contributed by atoms with Crippen LogP contribution in [-0.2, 0) is 0 Å². The normalized spacial score (nSPS) is 16.5. The van der Waals surface area contributed by atoms with Crippen molar-refractivity contribution in [3.05, 3.63) is 27.8 Å². The van der Waals surface area contributed by atoms with Crippen molar-refractivity contribution in [2.24, 2.45) is 0 Å². The minimum Gasteiger partial charge on any atom is -0.360 e. The fourth-order valence-electron chi connectivity index (χ4n) is 2.13. The number of rotatable bonds is 2. The molecular formula is C13H17IN2S. The molecule has 0 unspecified atom stereocenters. The predicted molar refractivity (Wildman–Crippen MR) is 85.4 cm³/mol. The summed E-state index contributed by atoms with van der Waals surface area (Å²) in [5, 5.41) is 7.38. The van der Waals surface area contributed by atoms with E-state index in [-0.39, 0.29) is 0 Å². The van der Waals surface area contributed by atoms with Crippen LogP contribution in [0.25, 0.3) is 0 Å². The number of thiocarbonyl (C=S) groups is 1. The summed E-state index contributed by atoms with van der Waals surface area (Å²) in [6.45, 7) is 0. The van der Waals surface area contributed by atoms with Gasteiger partial charge in [-0.2, -0.15) is 0 Å². The van der Waals surface area contributed by atoms with E-state index in [0.717, 1.165) is 10.8 Å². The van der Waals surface area contributed by atoms with Gasteiger partial charge in [-0.25, -0.2) is 0 Å². The Morgan fingerprint density at radius 3 is 2.41 bits per heavy atom. The van der Waals surface area contributed by atoms with Crippen molar-refractivity contribution in [3.63, 3.8) is 0 Å². The molecule has 0 saturated heterocycles. The minimum atomic E-state index is 0.563. The van der Waals surface area contributed by atoms with E-state index in [2.05, 4.69) is 57.5 Å². The molecule has 2 nitrogen and oxygen atoms in total. The van der Waals surface area contributed by atoms with Gasteiger partial charge in [-0.1, -0.05) is 19.3 Å². The van der Waals surface area contributed by atoms with E-state index >= 15 is 0 Å². The van der Waals surface area contributed by atoms with E-state index in [0.29, 0.717) is 6.04 Å². The van der Waals surface area contributed by atoms with Gasteiger partial charge in [0.05, 0.1) is 0 Å². The number of benzene rings is 1. The Morgan fingerprint density at radius 2 is 1.76 bits per heavy atom. The van der Waals surface area contributed by atoms with Crippen molar-refractivity contribution >= 4 is 45.6 Å². The zero-order chi connectivity index (χ0) is 12.1. The molecule has 17 heavy (non-hydrogen) atoms. The lowest BCUT2D eigenvalue weighted by Gasteiger charge is -2.24. The van der Waals surface area contributed by atoms with Crippen LogP contribution in [0.1, 0.15) is 32.1 Å². The van der Waals surface area contributed by atoms with E-state index < -0.39 is 0 Å². The Labute approximate surface area is 122 Å². The second-order valence-corrected chi connectivity index (χ2v) is 6.09. The summed E-state index contributed by atoms with van der Waals surface area (Å²) in [6.07, 6.45) is 6.51. The van der Waals surface area contributed by atoms with Crippen LogP contribution in [0.4, 0.5) is 5.69 Å². The van der Waals surface area contributed by atoms with Crippen molar-refractivity contribution in [2.75, 3.05) is 5.32 Å². The van der Waals surface area contributed by atoms with Crippen molar-refractivity contribution in [3.8, 4) is 0 Å². The summed E-state index contributed by atoms with van der Waals surface area (Å²) in [7, 11) is 0. The molecule has 1 aliphatic carbocycles. The highest BCUT2D eigenvalue weighted by Gasteiger charge is 2.13. The van der Waals surface area contributed by atoms with Gasteiger partial charge in [0.2, 0.25) is 0 Å². The minimum absolute atomic E-state index is 0.563. The Kier molecular flexibility index (Phi) is 5.03. The van der Waals surface area contributed by atoms with E-state index in [1.54, 1.807) is 0 Å². The third kappa shape index (κ3) is 4.43. The SMILES string of the molecule is S=C(Nc1ccc(I)cc1)NC1CCCCC1. The van der Waals surface area contributed by atoms with Gasteiger partial charge >= 0.3 is 0 Å². The maximum Gasteiger partial charge on any atom is 0.170 e. The zero-order valence-corrected chi connectivity index (χ0v) is 12.7. The summed E-state index contributed by atoms with van der Waals surface area (Å²) < 4.78 is 1.24. The lowest BCUT2D eigenvalue weighted by Crippen LogP contribution is -2.38. The van der Waals surface area contributed by atoms with Gasteiger partial charge in [0.15, 0.2) is 5.11 Å². The van der Waals surface area contributed by atoms with Gasteiger partial charge in [-0.15, -0.1) is 0 Å². The van der Waals surface area contributed by atoms with Crippen LogP contribution < -0.4 is 10.6 Å². The molecule has 0 amide bonds. The van der Waals surface area contributed by atoms with Gasteiger partial charge in [-0.3, -0.25) is 0 Å². The largest absolute Gasteiger partial charge is 0.360 e. The van der Waals surface area contributed by atoms with Crippen LogP contribution in [0.2, 0.25) is 0 Å². The number of hydrogen-bond donors (Lipinski definition) is 2. The average Bonchev–Trinajstić information content (AvgIpc) is 2.33. The highest BCUT2D eigenvalue weighted by molar-refractivity contribution is 14.1. The molecule has 1 aliphatic rings. The number of nitrogens with one attached hydrogen (secondary N) is 2. The Hall–Kier alpha value is -0.360. The first-order valence-electron chi connectivity index (χ1n) is 6.07. The highest BCUT2D eigenvalue weighted by Crippen LogP contribution is 2.17. The zero-order valence-electron chi connectivity index (χ0n) is 9.71. The van der Waals surface area contributed by atoms with Crippen LogP contribution in [-0.4, -0.2) is 11.2 Å². The van der Waals surface area contributed by atoms with Gasteiger partial charge in [-0.05, 0) is 71.9 Å². The van der Waals surface area contributed by atoms with Crippen molar-refractivity contribution in [1.29, 1.82) is 0 Å². The van der Waals surface area contributed by atoms with Gasteiger partial charge in [0.1, 0.15) is 0 Å². The first-order chi connectivity index (χ1) is 8.24. The molecule has 2 N–H and O–H groups in total. The maximum absolute atomic E-state index is 5.33. The van der Waals surface area contributed by atoms with Crippen molar-refractivity contribution < 1.29 is 0 Å². The van der Waals surface area contributed by atoms with Crippen LogP contribution >= 0.6 is 34.8 Å². The number of anilines is 1. The standard InChI is InChI=1S/C13H17IN2S/c14-10-6-8-12(9-7-10)16-13(17)15-11-4-2-1-3-5-11/h6-9,11H,1-5H2,(H2,15,16,17). The smallest absolute Gasteiger partial charge is 0.170 e. The van der Waals surface area contributed by atoms with Crippen LogP contribution in [0.15, 0.2) is 24.3 Å². The average molecular weight is 360 g/mol. The molecule has 1 saturated carbocycles. The molecule has 2 rings (SSSR count).